The third kappa shape index (κ3) is 21.6. The zero-order valence-electron chi connectivity index (χ0n) is 34.6. The number of ether oxygens (including phenoxy) is 1. The van der Waals surface area contributed by atoms with Gasteiger partial charge in [0.1, 0.15) is 19.4 Å². The van der Waals surface area contributed by atoms with Crippen LogP contribution >= 0.6 is 0 Å². The molecule has 1 aromatic rings. The number of allylic oxidation sites excluding steroid dienone is 6. The van der Waals surface area contributed by atoms with Crippen molar-refractivity contribution in [3.63, 3.8) is 0 Å². The highest BCUT2D eigenvalue weighted by molar-refractivity contribution is 6.01. The van der Waals surface area contributed by atoms with Crippen LogP contribution in [0.4, 0.5) is 13.2 Å². The van der Waals surface area contributed by atoms with Crippen LogP contribution in [0.3, 0.4) is 0 Å². The first kappa shape index (κ1) is 53.5. The third-order valence-corrected chi connectivity index (χ3v) is 8.60. The first-order chi connectivity index (χ1) is 24.6. The Morgan fingerprint density at radius 1 is 0.827 bits per heavy atom. The number of fused-ring (bicyclic) bond motifs is 1. The number of halogens is 3. The standard InChI is InChI=1S/C27H39NO.C11H25NO.C3H5F3.2CH2O/c1-6-9-11-16-24-22(4)27(23(5)29,26-18-13-12-17-25(24)26)19-14-15-21-28(8-3)20-10-7-2;1-6-8-12(9-7-2)10-13-11(3,4)5;1-2-3(4,5)6;2*1-2/h6,9,11-13,16-18H,7-8,10,14-15,19-21H2,1-5H3;6-10H2,1-5H3;2H2,1H3;2*1H2/b9-6-,16-11-;;;;. The van der Waals surface area contributed by atoms with Gasteiger partial charge in [0.05, 0.1) is 17.7 Å². The molecule has 9 heteroatoms. The topological polar surface area (TPSA) is 66.9 Å². The van der Waals surface area contributed by atoms with E-state index >= 15 is 0 Å². The van der Waals surface area contributed by atoms with E-state index in [1.807, 2.05) is 32.7 Å². The predicted octanol–water partition coefficient (Wildman–Crippen LogP) is 11.2. The summed E-state index contributed by atoms with van der Waals surface area (Å²) in [6.07, 6.45) is 11.7. The molecule has 0 N–H and O–H groups in total. The molecule has 0 spiro atoms. The van der Waals surface area contributed by atoms with Gasteiger partial charge < -0.3 is 19.2 Å². The van der Waals surface area contributed by atoms with Crippen LogP contribution in [-0.4, -0.2) is 80.4 Å². The molecule has 52 heavy (non-hydrogen) atoms. The number of hydrogen-bond donors (Lipinski definition) is 0. The van der Waals surface area contributed by atoms with Gasteiger partial charge in [0.15, 0.2) is 0 Å². The first-order valence-corrected chi connectivity index (χ1v) is 18.9. The largest absolute Gasteiger partial charge is 0.388 e. The SMILES string of the molecule is C/C=C\C=C/C1=C(C)C(CCCCN(CC)CCCC)(C(C)=O)c2ccccc21.C=O.C=O.CCC(F)(F)F.CCCN(CCC)COC(C)(C)C. The van der Waals surface area contributed by atoms with Crippen LogP contribution in [0.25, 0.3) is 5.57 Å². The van der Waals surface area contributed by atoms with Crippen molar-refractivity contribution in [3.8, 4) is 0 Å². The van der Waals surface area contributed by atoms with E-state index < -0.39 is 18.0 Å². The van der Waals surface area contributed by atoms with Gasteiger partial charge in [0, 0.05) is 19.5 Å². The zero-order valence-corrected chi connectivity index (χ0v) is 34.6. The van der Waals surface area contributed by atoms with Gasteiger partial charge >= 0.3 is 6.18 Å². The predicted molar refractivity (Wildman–Crippen MR) is 215 cm³/mol. The molecule has 0 bridgehead atoms. The summed E-state index contributed by atoms with van der Waals surface area (Å²) in [5.41, 5.74) is 4.37. The Kier molecular flexibility index (Phi) is 31.4. The van der Waals surface area contributed by atoms with Gasteiger partial charge in [-0.05, 0) is 116 Å². The van der Waals surface area contributed by atoms with Gasteiger partial charge in [0.25, 0.3) is 0 Å². The number of hydrogen-bond acceptors (Lipinski definition) is 6. The molecule has 0 radical (unpaired) electrons. The normalized spacial score (nSPS) is 15.3. The molecule has 0 aliphatic heterocycles. The van der Waals surface area contributed by atoms with Crippen molar-refractivity contribution in [2.75, 3.05) is 39.5 Å². The molecule has 0 amide bonds. The molecule has 6 nitrogen and oxygen atoms in total. The Balaban J connectivity index is -0.000000863. The number of carbonyl (C=O) groups is 3. The zero-order chi connectivity index (χ0) is 40.8. The summed E-state index contributed by atoms with van der Waals surface area (Å²) in [5, 5.41) is 0. The van der Waals surface area contributed by atoms with Gasteiger partial charge in [-0.25, -0.2) is 0 Å². The Morgan fingerprint density at radius 2 is 1.37 bits per heavy atom. The number of nitrogens with zero attached hydrogens (tertiary/aromatic N) is 2. The molecule has 300 valence electrons. The number of unbranched alkanes of at least 4 members (excludes halogenated alkanes) is 2. The van der Waals surface area contributed by atoms with E-state index in [1.165, 1.54) is 54.5 Å². The van der Waals surface area contributed by atoms with Crippen molar-refractivity contribution < 1.29 is 32.3 Å². The highest BCUT2D eigenvalue weighted by Crippen LogP contribution is 2.50. The number of alkyl halides is 3. The van der Waals surface area contributed by atoms with Crippen molar-refractivity contribution in [3.05, 3.63) is 65.3 Å². The minimum absolute atomic E-state index is 0.0142. The number of ketones is 1. The fourth-order valence-corrected chi connectivity index (χ4v) is 5.85. The van der Waals surface area contributed by atoms with Crippen LogP contribution in [0, 0.1) is 0 Å². The van der Waals surface area contributed by atoms with E-state index in [2.05, 4.69) is 102 Å². The van der Waals surface area contributed by atoms with Crippen molar-refractivity contribution in [1.82, 2.24) is 9.80 Å². The van der Waals surface area contributed by atoms with E-state index in [0.717, 1.165) is 59.1 Å². The first-order valence-electron chi connectivity index (χ1n) is 18.9. The lowest BCUT2D eigenvalue weighted by Crippen LogP contribution is -2.34. The minimum Gasteiger partial charge on any atom is -0.360 e. The fraction of sp³-hybridized carbons (Fsp3) is 0.651. The molecule has 0 saturated heterocycles. The lowest BCUT2D eigenvalue weighted by atomic mass is 9.71. The molecule has 1 aromatic carbocycles. The molecule has 2 rings (SSSR count). The van der Waals surface area contributed by atoms with Crippen molar-refractivity contribution in [1.29, 1.82) is 0 Å². The van der Waals surface area contributed by atoms with Crippen molar-refractivity contribution in [2.45, 2.75) is 145 Å². The average Bonchev–Trinajstić information content (AvgIpc) is 3.36. The molecule has 0 heterocycles. The summed E-state index contributed by atoms with van der Waals surface area (Å²) in [4.78, 5) is 34.0. The molecule has 0 aromatic heterocycles. The van der Waals surface area contributed by atoms with Crippen molar-refractivity contribution in [2.24, 2.45) is 0 Å². The number of Topliss-reactive ketones (excluding diaryl/α,β-unsaturated/α-hetero) is 1. The van der Waals surface area contributed by atoms with Crippen LogP contribution in [-0.2, 0) is 24.5 Å². The van der Waals surface area contributed by atoms with Crippen LogP contribution in [0.2, 0.25) is 0 Å². The minimum atomic E-state index is -3.96. The second-order valence-electron chi connectivity index (χ2n) is 13.6. The second kappa shape index (κ2) is 30.6. The average molecular weight is 739 g/mol. The Labute approximate surface area is 315 Å². The maximum atomic E-state index is 13.1. The highest BCUT2D eigenvalue weighted by atomic mass is 19.4. The van der Waals surface area contributed by atoms with E-state index in [9.17, 15) is 18.0 Å². The summed E-state index contributed by atoms with van der Waals surface area (Å²) >= 11 is 0. The number of carbonyl (C=O) groups excluding carboxylic acids is 3. The highest BCUT2D eigenvalue weighted by Gasteiger charge is 2.45. The summed E-state index contributed by atoms with van der Waals surface area (Å²) in [7, 11) is 0. The van der Waals surface area contributed by atoms with Gasteiger partial charge in [-0.1, -0.05) is 96.0 Å². The van der Waals surface area contributed by atoms with Gasteiger partial charge in [-0.2, -0.15) is 13.2 Å². The van der Waals surface area contributed by atoms with E-state index in [4.69, 9.17) is 14.3 Å². The molecule has 0 fully saturated rings. The van der Waals surface area contributed by atoms with Crippen LogP contribution in [0.1, 0.15) is 139 Å². The quantitative estimate of drug-likeness (QED) is 0.0849. The molecular formula is C43H73F3N2O4. The molecule has 1 atom stereocenters. The van der Waals surface area contributed by atoms with Crippen LogP contribution < -0.4 is 0 Å². The maximum absolute atomic E-state index is 13.1. The number of benzene rings is 1. The summed E-state index contributed by atoms with van der Waals surface area (Å²) < 4.78 is 38.1. The second-order valence-corrected chi connectivity index (χ2v) is 13.6. The van der Waals surface area contributed by atoms with E-state index in [-0.39, 0.29) is 11.4 Å². The summed E-state index contributed by atoms with van der Waals surface area (Å²) in [5.74, 6) is 0.273. The smallest absolute Gasteiger partial charge is 0.360 e. The van der Waals surface area contributed by atoms with Gasteiger partial charge in [0.2, 0.25) is 0 Å². The molecule has 1 aliphatic carbocycles. The monoisotopic (exact) mass is 739 g/mol. The molecule has 0 saturated carbocycles. The third-order valence-electron chi connectivity index (χ3n) is 8.60. The Bertz CT molecular complexity index is 1150. The lowest BCUT2D eigenvalue weighted by molar-refractivity contribution is -0.130. The van der Waals surface area contributed by atoms with Gasteiger partial charge in [-0.3, -0.25) is 9.69 Å². The van der Waals surface area contributed by atoms with Gasteiger partial charge in [-0.15, -0.1) is 0 Å². The Hall–Kier alpha value is -2.88. The summed E-state index contributed by atoms with van der Waals surface area (Å²) in [6, 6.07) is 8.49. The lowest BCUT2D eigenvalue weighted by Gasteiger charge is -2.31. The Morgan fingerprint density at radius 3 is 1.81 bits per heavy atom. The summed E-state index contributed by atoms with van der Waals surface area (Å²) in [6.45, 7) is 32.7. The van der Waals surface area contributed by atoms with Crippen LogP contribution in [0.5, 0.6) is 0 Å². The number of rotatable bonds is 18. The fourth-order valence-electron chi connectivity index (χ4n) is 5.85. The molecular weight excluding hydrogens is 665 g/mol. The van der Waals surface area contributed by atoms with Crippen molar-refractivity contribution >= 4 is 24.9 Å². The van der Waals surface area contributed by atoms with E-state index in [0.29, 0.717) is 0 Å². The van der Waals surface area contributed by atoms with Crippen LogP contribution in [0.15, 0.2) is 54.1 Å². The van der Waals surface area contributed by atoms with E-state index in [1.54, 1.807) is 6.92 Å². The maximum Gasteiger partial charge on any atom is 0.388 e. The molecule has 1 unspecified atom stereocenters. The molecule has 1 aliphatic rings.